The highest BCUT2D eigenvalue weighted by Crippen LogP contribution is 2.65. The molecule has 0 heterocycles. The smallest absolute Gasteiger partial charge is 0.302 e. The number of hydrogen-bond acceptors (Lipinski definition) is 4. The number of fused-ring (bicyclic) bond motifs is 5. The summed E-state index contributed by atoms with van der Waals surface area (Å²) >= 11 is 0. The molecule has 0 radical (unpaired) electrons. The fourth-order valence-electron chi connectivity index (χ4n) is 7.18. The SMILES string of the molecule is CC(=O)CNC(=O)C1=CC[C@H]2[C@@H]3CC=C4C[C@@H](OC(C)=O)CC[C@]4(C)[C@H]3CC[C@]12C. The van der Waals surface area contributed by atoms with Gasteiger partial charge in [0.05, 0.1) is 6.54 Å². The molecule has 2 fully saturated rings. The first-order chi connectivity index (χ1) is 14.1. The Morgan fingerprint density at radius 3 is 2.47 bits per heavy atom. The Hall–Kier alpha value is -1.91. The molecule has 4 aliphatic carbocycles. The molecule has 0 saturated heterocycles. The minimum Gasteiger partial charge on any atom is -0.462 e. The minimum atomic E-state index is -0.182. The maximum absolute atomic E-state index is 12.8. The van der Waals surface area contributed by atoms with E-state index in [4.69, 9.17) is 4.74 Å². The van der Waals surface area contributed by atoms with Crippen LogP contribution in [0, 0.1) is 28.6 Å². The summed E-state index contributed by atoms with van der Waals surface area (Å²) in [6.45, 7) is 7.79. The number of rotatable bonds is 4. The molecule has 0 aromatic heterocycles. The van der Waals surface area contributed by atoms with Crippen LogP contribution in [0.4, 0.5) is 0 Å². The number of carbonyl (C=O) groups is 3. The highest BCUT2D eigenvalue weighted by Gasteiger charge is 2.57. The van der Waals surface area contributed by atoms with Gasteiger partial charge in [-0.25, -0.2) is 0 Å². The monoisotopic (exact) mass is 413 g/mol. The second-order valence-electron chi connectivity index (χ2n) is 10.4. The average Bonchev–Trinajstić information content (AvgIpc) is 3.03. The largest absolute Gasteiger partial charge is 0.462 e. The molecule has 2 saturated carbocycles. The number of ether oxygens (including phenoxy) is 1. The maximum atomic E-state index is 12.8. The van der Waals surface area contributed by atoms with Crippen molar-refractivity contribution in [2.45, 2.75) is 78.7 Å². The van der Waals surface area contributed by atoms with Gasteiger partial charge in [-0.2, -0.15) is 0 Å². The number of nitrogens with one attached hydrogen (secondary N) is 1. The molecule has 5 heteroatoms. The zero-order chi connectivity index (χ0) is 21.7. The number of hydrogen-bond donors (Lipinski definition) is 1. The van der Waals surface area contributed by atoms with Crippen LogP contribution in [0.25, 0.3) is 0 Å². The van der Waals surface area contributed by atoms with Crippen LogP contribution in [0.2, 0.25) is 0 Å². The summed E-state index contributed by atoms with van der Waals surface area (Å²) in [5.74, 6) is 1.43. The second kappa shape index (κ2) is 7.65. The van der Waals surface area contributed by atoms with Gasteiger partial charge in [0.15, 0.2) is 0 Å². The van der Waals surface area contributed by atoms with Gasteiger partial charge in [0, 0.05) is 24.3 Å². The molecule has 4 aliphatic rings. The summed E-state index contributed by atoms with van der Waals surface area (Å²) < 4.78 is 5.53. The Labute approximate surface area is 179 Å². The van der Waals surface area contributed by atoms with Crippen molar-refractivity contribution < 1.29 is 19.1 Å². The van der Waals surface area contributed by atoms with Crippen LogP contribution in [-0.2, 0) is 19.1 Å². The number of Topliss-reactive ketones (excluding diaryl/α,β-unsaturated/α-hetero) is 1. The van der Waals surface area contributed by atoms with Gasteiger partial charge in [0.2, 0.25) is 5.91 Å². The van der Waals surface area contributed by atoms with Crippen molar-refractivity contribution in [2.24, 2.45) is 28.6 Å². The molecule has 0 bridgehead atoms. The van der Waals surface area contributed by atoms with Crippen LogP contribution >= 0.6 is 0 Å². The van der Waals surface area contributed by atoms with E-state index in [0.29, 0.717) is 17.8 Å². The Bertz CT molecular complexity index is 827. The molecular weight excluding hydrogens is 378 g/mol. The van der Waals surface area contributed by atoms with Gasteiger partial charge in [0.25, 0.3) is 0 Å². The van der Waals surface area contributed by atoms with Crippen molar-refractivity contribution in [3.05, 3.63) is 23.3 Å². The molecule has 0 aromatic carbocycles. The van der Waals surface area contributed by atoms with Crippen molar-refractivity contribution in [2.75, 3.05) is 6.54 Å². The predicted octanol–water partition coefficient (Wildman–Crippen LogP) is 4.12. The van der Waals surface area contributed by atoms with E-state index in [1.807, 2.05) is 0 Å². The van der Waals surface area contributed by atoms with Gasteiger partial charge in [-0.3, -0.25) is 14.4 Å². The fourth-order valence-corrected chi connectivity index (χ4v) is 7.18. The van der Waals surface area contributed by atoms with Crippen LogP contribution in [0.3, 0.4) is 0 Å². The third-order valence-electron chi connectivity index (χ3n) is 8.71. The summed E-state index contributed by atoms with van der Waals surface area (Å²) in [5, 5.41) is 2.82. The Morgan fingerprint density at radius 2 is 1.77 bits per heavy atom. The van der Waals surface area contributed by atoms with Crippen molar-refractivity contribution in [1.82, 2.24) is 5.32 Å². The molecule has 164 valence electrons. The van der Waals surface area contributed by atoms with Crippen LogP contribution in [-0.4, -0.2) is 30.3 Å². The Kier molecular flexibility index (Phi) is 5.44. The molecule has 0 unspecified atom stereocenters. The predicted molar refractivity (Wildman–Crippen MR) is 114 cm³/mol. The van der Waals surface area contributed by atoms with E-state index >= 15 is 0 Å². The zero-order valence-electron chi connectivity index (χ0n) is 18.8. The summed E-state index contributed by atoms with van der Waals surface area (Å²) in [7, 11) is 0. The standard InChI is InChI=1S/C25H35NO4/c1-15(27)14-26-23(29)22-8-7-20-19-6-5-17-13-18(30-16(2)28)9-11-24(17,3)21(19)10-12-25(20,22)4/h5,8,18-21H,6-7,9-14H2,1-4H3,(H,26,29)/t18-,19-,20-,21-,24-,25-/m0/s1. The first kappa shape index (κ1) is 21.3. The quantitative estimate of drug-likeness (QED) is 0.556. The van der Waals surface area contributed by atoms with Crippen LogP contribution in [0.15, 0.2) is 23.3 Å². The minimum absolute atomic E-state index is 0.0189. The molecule has 0 aliphatic heterocycles. The van der Waals surface area contributed by atoms with Gasteiger partial charge in [-0.15, -0.1) is 0 Å². The molecule has 1 amide bonds. The summed E-state index contributed by atoms with van der Waals surface area (Å²) in [6, 6.07) is 0. The van der Waals surface area contributed by atoms with E-state index < -0.39 is 0 Å². The first-order valence-electron chi connectivity index (χ1n) is 11.5. The van der Waals surface area contributed by atoms with Gasteiger partial charge < -0.3 is 10.1 Å². The fraction of sp³-hybridized carbons (Fsp3) is 0.720. The topological polar surface area (TPSA) is 72.5 Å². The molecule has 30 heavy (non-hydrogen) atoms. The highest BCUT2D eigenvalue weighted by atomic mass is 16.5. The third-order valence-corrected chi connectivity index (χ3v) is 8.71. The molecule has 6 atom stereocenters. The molecule has 4 rings (SSSR count). The third kappa shape index (κ3) is 3.44. The second-order valence-corrected chi connectivity index (χ2v) is 10.4. The van der Waals surface area contributed by atoms with Crippen LogP contribution < -0.4 is 5.32 Å². The van der Waals surface area contributed by atoms with Crippen molar-refractivity contribution in [3.63, 3.8) is 0 Å². The van der Waals surface area contributed by atoms with Gasteiger partial charge >= 0.3 is 5.97 Å². The van der Waals surface area contributed by atoms with E-state index in [1.165, 1.54) is 19.4 Å². The lowest BCUT2D eigenvalue weighted by molar-refractivity contribution is -0.148. The van der Waals surface area contributed by atoms with Crippen LogP contribution in [0.5, 0.6) is 0 Å². The lowest BCUT2D eigenvalue weighted by atomic mass is 9.47. The zero-order valence-corrected chi connectivity index (χ0v) is 18.8. The maximum Gasteiger partial charge on any atom is 0.302 e. The summed E-state index contributed by atoms with van der Waals surface area (Å²) in [6.07, 6.45) is 11.6. The molecule has 1 N–H and O–H groups in total. The Morgan fingerprint density at radius 1 is 1.03 bits per heavy atom. The lowest BCUT2D eigenvalue weighted by Crippen LogP contribution is -2.51. The van der Waals surface area contributed by atoms with Gasteiger partial charge in [-0.05, 0) is 68.6 Å². The van der Waals surface area contributed by atoms with Crippen molar-refractivity contribution in [3.8, 4) is 0 Å². The molecule has 0 aromatic rings. The van der Waals surface area contributed by atoms with Crippen molar-refractivity contribution >= 4 is 17.7 Å². The normalized spacial score (nSPS) is 39.6. The number of amides is 1. The van der Waals surface area contributed by atoms with E-state index in [1.54, 1.807) is 0 Å². The number of ketones is 1. The first-order valence-corrected chi connectivity index (χ1v) is 11.5. The number of carbonyl (C=O) groups excluding carboxylic acids is 3. The summed E-state index contributed by atoms with van der Waals surface area (Å²) in [5.41, 5.74) is 2.46. The summed E-state index contributed by atoms with van der Waals surface area (Å²) in [4.78, 5) is 35.5. The van der Waals surface area contributed by atoms with Crippen LogP contribution in [0.1, 0.15) is 72.6 Å². The van der Waals surface area contributed by atoms with E-state index in [-0.39, 0.29) is 41.1 Å². The van der Waals surface area contributed by atoms with E-state index in [0.717, 1.165) is 50.5 Å². The lowest BCUT2D eigenvalue weighted by Gasteiger charge is -2.57. The average molecular weight is 414 g/mol. The van der Waals surface area contributed by atoms with Gasteiger partial charge in [-0.1, -0.05) is 31.6 Å². The molecule has 0 spiro atoms. The number of allylic oxidation sites excluding steroid dienone is 2. The van der Waals surface area contributed by atoms with Crippen molar-refractivity contribution in [1.29, 1.82) is 0 Å². The molecule has 5 nitrogen and oxygen atoms in total. The van der Waals surface area contributed by atoms with Gasteiger partial charge in [0.1, 0.15) is 11.9 Å². The Balaban J connectivity index is 1.52. The number of esters is 1. The van der Waals surface area contributed by atoms with E-state index in [2.05, 4.69) is 31.3 Å². The molecular formula is C25H35NO4. The van der Waals surface area contributed by atoms with E-state index in [9.17, 15) is 14.4 Å². The highest BCUT2D eigenvalue weighted by molar-refractivity contribution is 5.97.